The first kappa shape index (κ1) is 96.1. The molecular formula is C79H154O17P2. The predicted molar refractivity (Wildman–Crippen MR) is 400 cm³/mol. The molecule has 19 heteroatoms. The van der Waals surface area contributed by atoms with Crippen molar-refractivity contribution in [2.24, 2.45) is 5.92 Å². The molecule has 17 nitrogen and oxygen atoms in total. The first-order valence-electron chi connectivity index (χ1n) is 41.2. The van der Waals surface area contributed by atoms with Gasteiger partial charge in [-0.05, 0) is 31.6 Å². The van der Waals surface area contributed by atoms with Gasteiger partial charge in [0.25, 0.3) is 0 Å². The predicted octanol–water partition coefficient (Wildman–Crippen LogP) is 23.6. The van der Waals surface area contributed by atoms with Crippen LogP contribution in [0.25, 0.3) is 0 Å². The molecule has 98 heavy (non-hydrogen) atoms. The zero-order valence-electron chi connectivity index (χ0n) is 63.9. The van der Waals surface area contributed by atoms with Crippen molar-refractivity contribution in [3.63, 3.8) is 0 Å². The fourth-order valence-electron chi connectivity index (χ4n) is 12.2. The van der Waals surface area contributed by atoms with Gasteiger partial charge in [0.15, 0.2) is 12.2 Å². The molecule has 0 aromatic rings. The normalized spacial score (nSPS) is 14.2. The van der Waals surface area contributed by atoms with Gasteiger partial charge in [0.2, 0.25) is 0 Å². The molecule has 0 aliphatic heterocycles. The van der Waals surface area contributed by atoms with E-state index in [9.17, 15) is 43.2 Å². The molecule has 0 bridgehead atoms. The molecule has 582 valence electrons. The molecule has 3 N–H and O–H groups in total. The van der Waals surface area contributed by atoms with Crippen LogP contribution in [0.3, 0.4) is 0 Å². The summed E-state index contributed by atoms with van der Waals surface area (Å²) in [7, 11) is -9.91. The van der Waals surface area contributed by atoms with Gasteiger partial charge in [-0.1, -0.05) is 369 Å². The van der Waals surface area contributed by atoms with Crippen LogP contribution in [0.15, 0.2) is 0 Å². The van der Waals surface area contributed by atoms with Crippen LogP contribution in [0.2, 0.25) is 0 Å². The van der Waals surface area contributed by atoms with Gasteiger partial charge in [-0.3, -0.25) is 37.3 Å². The van der Waals surface area contributed by atoms with Gasteiger partial charge in [0.1, 0.15) is 19.3 Å². The zero-order chi connectivity index (χ0) is 71.9. The van der Waals surface area contributed by atoms with Crippen LogP contribution in [-0.4, -0.2) is 96.7 Å². The Bertz CT molecular complexity index is 1880. The molecule has 0 aliphatic rings. The van der Waals surface area contributed by atoms with E-state index in [0.717, 1.165) is 102 Å². The molecule has 0 saturated carbocycles. The Balaban J connectivity index is 5.23. The van der Waals surface area contributed by atoms with Crippen molar-refractivity contribution < 1.29 is 80.2 Å². The minimum atomic E-state index is -4.96. The van der Waals surface area contributed by atoms with Crippen molar-refractivity contribution >= 4 is 39.5 Å². The molecule has 0 heterocycles. The Morgan fingerprint density at radius 3 is 0.724 bits per heavy atom. The average Bonchev–Trinajstić information content (AvgIpc) is 0.959. The van der Waals surface area contributed by atoms with Crippen molar-refractivity contribution in [1.29, 1.82) is 0 Å². The van der Waals surface area contributed by atoms with Crippen molar-refractivity contribution in [3.05, 3.63) is 0 Å². The van der Waals surface area contributed by atoms with Crippen molar-refractivity contribution in [3.8, 4) is 0 Å². The first-order valence-corrected chi connectivity index (χ1v) is 44.2. The van der Waals surface area contributed by atoms with Crippen molar-refractivity contribution in [1.82, 2.24) is 0 Å². The van der Waals surface area contributed by atoms with E-state index in [1.807, 2.05) is 0 Å². The zero-order valence-corrected chi connectivity index (χ0v) is 65.7. The fourth-order valence-corrected chi connectivity index (χ4v) is 13.8. The number of aliphatic hydroxyl groups is 1. The molecule has 0 spiro atoms. The molecule has 3 unspecified atom stereocenters. The molecule has 6 atom stereocenters. The van der Waals surface area contributed by atoms with Crippen LogP contribution in [0.4, 0.5) is 0 Å². The van der Waals surface area contributed by atoms with Crippen LogP contribution in [-0.2, 0) is 65.4 Å². The minimum Gasteiger partial charge on any atom is -0.462 e. The van der Waals surface area contributed by atoms with Gasteiger partial charge in [-0.2, -0.15) is 0 Å². The maximum absolute atomic E-state index is 13.1. The lowest BCUT2D eigenvalue weighted by Crippen LogP contribution is -2.30. The number of phosphoric ester groups is 2. The number of carbonyl (C=O) groups is 4. The number of phosphoric acid groups is 2. The van der Waals surface area contributed by atoms with Gasteiger partial charge >= 0.3 is 39.5 Å². The first-order chi connectivity index (χ1) is 47.6. The van der Waals surface area contributed by atoms with Gasteiger partial charge in [0, 0.05) is 25.7 Å². The maximum atomic E-state index is 13.1. The topological polar surface area (TPSA) is 237 Å². The summed E-state index contributed by atoms with van der Waals surface area (Å²) in [6, 6.07) is 0. The number of rotatable bonds is 79. The number of hydrogen-bond acceptors (Lipinski definition) is 15. The molecule has 0 radical (unpaired) electrons. The monoisotopic (exact) mass is 1440 g/mol. The summed E-state index contributed by atoms with van der Waals surface area (Å²) in [5.41, 5.74) is 0. The van der Waals surface area contributed by atoms with E-state index in [1.54, 1.807) is 0 Å². The van der Waals surface area contributed by atoms with E-state index < -0.39 is 97.5 Å². The van der Waals surface area contributed by atoms with E-state index >= 15 is 0 Å². The third-order valence-electron chi connectivity index (χ3n) is 18.9. The summed E-state index contributed by atoms with van der Waals surface area (Å²) in [6.07, 6.45) is 62.5. The highest BCUT2D eigenvalue weighted by atomic mass is 31.2. The molecule has 0 aliphatic carbocycles. The fraction of sp³-hybridized carbons (Fsp3) is 0.949. The molecule has 0 rings (SSSR count). The highest BCUT2D eigenvalue weighted by Gasteiger charge is 2.30. The smallest absolute Gasteiger partial charge is 0.462 e. The number of unbranched alkanes of at least 4 members (excludes halogenated alkanes) is 50. The number of esters is 4. The number of ether oxygens (including phenoxy) is 4. The third-order valence-corrected chi connectivity index (χ3v) is 20.8. The van der Waals surface area contributed by atoms with Crippen LogP contribution in [0, 0.1) is 5.92 Å². The average molecular weight is 1440 g/mol. The highest BCUT2D eigenvalue weighted by molar-refractivity contribution is 7.47. The van der Waals surface area contributed by atoms with E-state index in [2.05, 4.69) is 34.6 Å². The molecule has 0 fully saturated rings. The van der Waals surface area contributed by atoms with Gasteiger partial charge in [-0.15, -0.1) is 0 Å². The molecule has 0 saturated heterocycles. The van der Waals surface area contributed by atoms with Gasteiger partial charge in [-0.25, -0.2) is 9.13 Å². The second-order valence-corrected chi connectivity index (χ2v) is 31.6. The van der Waals surface area contributed by atoms with Crippen LogP contribution in [0.5, 0.6) is 0 Å². The second kappa shape index (κ2) is 72.0. The Morgan fingerprint density at radius 2 is 0.490 bits per heavy atom. The Labute approximate surface area is 600 Å². The van der Waals surface area contributed by atoms with Crippen LogP contribution >= 0.6 is 15.6 Å². The Kier molecular flexibility index (Phi) is 70.6. The molecule has 0 aromatic heterocycles. The minimum absolute atomic E-state index is 0.107. The van der Waals surface area contributed by atoms with E-state index in [1.165, 1.54) is 238 Å². The lowest BCUT2D eigenvalue weighted by atomic mass is 10.00. The quantitative estimate of drug-likeness (QED) is 0.0222. The number of aliphatic hydroxyl groups excluding tert-OH is 1. The summed E-state index contributed by atoms with van der Waals surface area (Å²) in [6.45, 7) is 7.28. The summed E-state index contributed by atoms with van der Waals surface area (Å²) < 4.78 is 68.6. The van der Waals surface area contributed by atoms with Gasteiger partial charge < -0.3 is 33.8 Å². The van der Waals surface area contributed by atoms with Crippen LogP contribution in [0.1, 0.15) is 420 Å². The number of carbonyl (C=O) groups excluding carboxylic acids is 4. The van der Waals surface area contributed by atoms with Gasteiger partial charge in [0.05, 0.1) is 26.4 Å². The summed E-state index contributed by atoms with van der Waals surface area (Å²) >= 11 is 0. The lowest BCUT2D eigenvalue weighted by molar-refractivity contribution is -0.161. The largest absolute Gasteiger partial charge is 0.472 e. The molecule has 0 amide bonds. The highest BCUT2D eigenvalue weighted by Crippen LogP contribution is 2.45. The second-order valence-electron chi connectivity index (χ2n) is 28.7. The summed E-state index contributed by atoms with van der Waals surface area (Å²) in [5, 5.41) is 10.6. The standard InChI is InChI=1S/C79H154O17P2/c1-6-10-13-16-19-22-25-28-30-32-33-35-37-39-42-45-48-55-60-65-79(84)95-74(68-89-76(81)62-57-52-46-43-41-38-36-34-31-29-26-23-20-17-14-11-7-2)70-93-97(85,86)91-66-73(80)67-92-98(87,88)94-71-75(69-90-77(82)63-58-53-50-49-51-56-61-72(5)9-4)96-78(83)64-59-54-47-44-40-27-24-21-18-15-12-8-3/h72-75,80H,6-71H2,1-5H3,(H,85,86)(H,87,88)/t72?,73-,74-,75-/m1/s1. The number of hydrogen-bond donors (Lipinski definition) is 3. The Morgan fingerprint density at radius 1 is 0.286 bits per heavy atom. The third kappa shape index (κ3) is 71.1. The van der Waals surface area contributed by atoms with Crippen molar-refractivity contribution in [2.45, 2.75) is 438 Å². The van der Waals surface area contributed by atoms with E-state index in [-0.39, 0.29) is 25.7 Å². The maximum Gasteiger partial charge on any atom is 0.472 e. The van der Waals surface area contributed by atoms with Crippen LogP contribution < -0.4 is 0 Å². The molecule has 0 aromatic carbocycles. The summed E-state index contributed by atoms with van der Waals surface area (Å²) in [5.74, 6) is -1.38. The Hall–Kier alpha value is -1.94. The molecular weight excluding hydrogens is 1280 g/mol. The lowest BCUT2D eigenvalue weighted by Gasteiger charge is -2.21. The SMILES string of the molecule is CCCCCCCCCCCCCCCCCCCCCC(=O)O[C@H](COC(=O)CCCCCCCCCCCCCCCCCCC)COP(=O)(O)OC[C@@H](O)COP(=O)(O)OC[C@@H](COC(=O)CCCCCCCCC(C)CC)OC(=O)CCCCCCCCCCCCCC. The van der Waals surface area contributed by atoms with E-state index in [0.29, 0.717) is 25.7 Å². The summed E-state index contributed by atoms with van der Waals surface area (Å²) in [4.78, 5) is 72.9. The van der Waals surface area contributed by atoms with Crippen molar-refractivity contribution in [2.75, 3.05) is 39.6 Å². The van der Waals surface area contributed by atoms with E-state index in [4.69, 9.17) is 37.0 Å².